The van der Waals surface area contributed by atoms with Gasteiger partial charge < -0.3 is 23.7 Å². The molecule has 2 aromatic heterocycles. The maximum atomic E-state index is 13.0. The average molecular weight is 407 g/mol. The zero-order chi connectivity index (χ0) is 21.1. The number of rotatable bonds is 8. The Kier molecular flexibility index (Phi) is 5.38. The van der Waals surface area contributed by atoms with Crippen molar-refractivity contribution in [3.8, 4) is 5.75 Å². The molecule has 3 heterocycles. The van der Waals surface area contributed by atoms with Crippen LogP contribution in [-0.2, 0) is 11.3 Å². The Labute approximate surface area is 173 Å². The molecule has 4 rings (SSSR count). The number of carbonyl (C=O) groups excluding carboxylic acids is 2. The van der Waals surface area contributed by atoms with Crippen LogP contribution in [0.3, 0.4) is 0 Å². The number of Topliss-reactive ketones (excluding diaryl/α,β-unsaturated/α-hetero) is 1. The summed E-state index contributed by atoms with van der Waals surface area (Å²) in [5, 5.41) is 10.6. The normalized spacial score (nSPS) is 16.4. The van der Waals surface area contributed by atoms with Crippen LogP contribution in [0, 0.1) is 0 Å². The Bertz CT molecular complexity index is 1050. The predicted molar refractivity (Wildman–Crippen MR) is 107 cm³/mol. The molecule has 1 amide bonds. The lowest BCUT2D eigenvalue weighted by molar-refractivity contribution is -0.129. The van der Waals surface area contributed by atoms with Crippen molar-refractivity contribution in [2.24, 2.45) is 0 Å². The third-order valence-electron chi connectivity index (χ3n) is 5.10. The highest BCUT2D eigenvalue weighted by molar-refractivity contribution is 6.15. The largest absolute Gasteiger partial charge is 0.503 e. The average Bonchev–Trinajstić information content (AvgIpc) is 3.52. The Morgan fingerprint density at radius 3 is 2.67 bits per heavy atom. The zero-order valence-electron chi connectivity index (χ0n) is 16.4. The maximum absolute atomic E-state index is 13.0. The summed E-state index contributed by atoms with van der Waals surface area (Å²) in [6, 6.07) is 9.47. The van der Waals surface area contributed by atoms with Gasteiger partial charge in [0.05, 0.1) is 31.3 Å². The molecular formula is C22H21N3O5. The highest BCUT2D eigenvalue weighted by atomic mass is 16.5. The first-order chi connectivity index (χ1) is 14.6. The number of aryl methyl sites for hydroxylation is 1. The Balaban J connectivity index is 1.66. The third-order valence-corrected chi connectivity index (χ3v) is 5.10. The molecule has 0 saturated carbocycles. The van der Waals surface area contributed by atoms with Crippen molar-refractivity contribution in [2.75, 3.05) is 13.7 Å². The minimum atomic E-state index is -0.719. The van der Waals surface area contributed by atoms with Crippen molar-refractivity contribution >= 4 is 11.7 Å². The fourth-order valence-electron chi connectivity index (χ4n) is 3.63. The molecule has 0 spiro atoms. The number of ketones is 1. The van der Waals surface area contributed by atoms with Crippen LogP contribution in [0.1, 0.15) is 28.6 Å². The van der Waals surface area contributed by atoms with Crippen molar-refractivity contribution in [1.82, 2.24) is 14.5 Å². The van der Waals surface area contributed by atoms with E-state index in [4.69, 9.17) is 9.15 Å². The first-order valence-electron chi connectivity index (χ1n) is 9.52. The number of aliphatic hydroxyl groups excluding tert-OH is 1. The number of aliphatic hydroxyl groups is 1. The van der Waals surface area contributed by atoms with Crippen molar-refractivity contribution in [1.29, 1.82) is 0 Å². The number of imidazole rings is 1. The van der Waals surface area contributed by atoms with Crippen LogP contribution in [-0.4, -0.2) is 44.9 Å². The molecule has 0 saturated heterocycles. The van der Waals surface area contributed by atoms with Gasteiger partial charge in [-0.25, -0.2) is 4.98 Å². The second kappa shape index (κ2) is 8.28. The van der Waals surface area contributed by atoms with Gasteiger partial charge in [0.2, 0.25) is 5.78 Å². The number of amides is 1. The highest BCUT2D eigenvalue weighted by Crippen LogP contribution is 2.39. The lowest BCUT2D eigenvalue weighted by Crippen LogP contribution is -2.32. The molecule has 1 aromatic carbocycles. The van der Waals surface area contributed by atoms with Crippen LogP contribution in [0.15, 0.2) is 77.1 Å². The standard InChI is InChI=1S/C22H21N3O5/c1-29-16-7-5-15(6-8-16)19-18(20(26)17-4-2-13-30-17)21(27)22(28)25(19)11-3-10-24-12-9-23-14-24/h2,4-9,12-14,19,27H,3,10-11H2,1H3/t19-/m0/s1. The monoisotopic (exact) mass is 407 g/mol. The first-order valence-corrected chi connectivity index (χ1v) is 9.52. The number of methoxy groups -OCH3 is 1. The summed E-state index contributed by atoms with van der Waals surface area (Å²) in [7, 11) is 1.56. The van der Waals surface area contributed by atoms with Crippen molar-refractivity contribution < 1.29 is 23.8 Å². The maximum Gasteiger partial charge on any atom is 0.290 e. The molecule has 1 aliphatic rings. The van der Waals surface area contributed by atoms with E-state index in [0.29, 0.717) is 30.8 Å². The fourth-order valence-corrected chi connectivity index (χ4v) is 3.63. The number of furan rings is 1. The minimum Gasteiger partial charge on any atom is -0.503 e. The molecule has 1 N–H and O–H groups in total. The van der Waals surface area contributed by atoms with E-state index in [1.54, 1.807) is 50.0 Å². The SMILES string of the molecule is COc1ccc([C@H]2C(C(=O)c3ccco3)=C(O)C(=O)N2CCCn2ccnc2)cc1. The number of nitrogens with zero attached hydrogens (tertiary/aromatic N) is 3. The number of hydrogen-bond donors (Lipinski definition) is 1. The van der Waals surface area contributed by atoms with E-state index in [0.717, 1.165) is 0 Å². The topological polar surface area (TPSA) is 97.8 Å². The third kappa shape index (κ3) is 3.59. The lowest BCUT2D eigenvalue weighted by Gasteiger charge is -2.27. The van der Waals surface area contributed by atoms with E-state index in [9.17, 15) is 14.7 Å². The molecule has 30 heavy (non-hydrogen) atoms. The molecule has 8 nitrogen and oxygen atoms in total. The van der Waals surface area contributed by atoms with Crippen LogP contribution in [0.2, 0.25) is 0 Å². The predicted octanol–water partition coefficient (Wildman–Crippen LogP) is 3.15. The molecule has 0 aliphatic carbocycles. The summed E-state index contributed by atoms with van der Waals surface area (Å²) < 4.78 is 12.3. The van der Waals surface area contributed by atoms with E-state index in [-0.39, 0.29) is 11.3 Å². The number of carbonyl (C=O) groups is 2. The molecule has 8 heteroatoms. The molecule has 154 valence electrons. The van der Waals surface area contributed by atoms with Crippen LogP contribution in [0.5, 0.6) is 5.75 Å². The molecule has 0 bridgehead atoms. The lowest BCUT2D eigenvalue weighted by atomic mass is 9.95. The summed E-state index contributed by atoms with van der Waals surface area (Å²) in [6.45, 7) is 1.01. The number of hydrogen-bond acceptors (Lipinski definition) is 6. The van der Waals surface area contributed by atoms with Gasteiger partial charge in [0, 0.05) is 25.5 Å². The van der Waals surface area contributed by atoms with Gasteiger partial charge in [-0.05, 0) is 36.2 Å². The van der Waals surface area contributed by atoms with Crippen molar-refractivity contribution in [3.63, 3.8) is 0 Å². The van der Waals surface area contributed by atoms with Crippen LogP contribution >= 0.6 is 0 Å². The van der Waals surface area contributed by atoms with Gasteiger partial charge in [-0.3, -0.25) is 9.59 Å². The van der Waals surface area contributed by atoms with Crippen LogP contribution in [0.4, 0.5) is 0 Å². The molecule has 3 aromatic rings. The Morgan fingerprint density at radius 1 is 1.23 bits per heavy atom. The zero-order valence-corrected chi connectivity index (χ0v) is 16.4. The minimum absolute atomic E-state index is 0.0164. The number of ether oxygens (including phenoxy) is 1. The van der Waals surface area contributed by atoms with E-state index in [1.165, 1.54) is 17.2 Å². The Morgan fingerprint density at radius 2 is 2.03 bits per heavy atom. The van der Waals surface area contributed by atoms with Gasteiger partial charge in [0.25, 0.3) is 5.91 Å². The van der Waals surface area contributed by atoms with Crippen LogP contribution in [0.25, 0.3) is 0 Å². The van der Waals surface area contributed by atoms with Gasteiger partial charge in [-0.2, -0.15) is 0 Å². The van der Waals surface area contributed by atoms with Gasteiger partial charge in [0.1, 0.15) is 5.75 Å². The molecule has 0 fully saturated rings. The number of aromatic nitrogens is 2. The summed E-state index contributed by atoms with van der Waals surface area (Å²) >= 11 is 0. The van der Waals surface area contributed by atoms with E-state index in [2.05, 4.69) is 4.98 Å². The molecule has 0 radical (unpaired) electrons. The van der Waals surface area contributed by atoms with Crippen molar-refractivity contribution in [2.45, 2.75) is 19.0 Å². The molecule has 1 atom stereocenters. The van der Waals surface area contributed by atoms with Crippen LogP contribution < -0.4 is 4.74 Å². The number of benzene rings is 1. The van der Waals surface area contributed by atoms with Gasteiger partial charge >= 0.3 is 0 Å². The second-order valence-corrected chi connectivity index (χ2v) is 6.90. The Hall–Kier alpha value is -3.81. The summed E-state index contributed by atoms with van der Waals surface area (Å²) in [6.07, 6.45) is 7.24. The fraction of sp³-hybridized carbons (Fsp3) is 0.227. The summed E-state index contributed by atoms with van der Waals surface area (Å²) in [4.78, 5) is 31.5. The molecule has 1 aliphatic heterocycles. The van der Waals surface area contributed by atoms with Crippen molar-refractivity contribution in [3.05, 3.63) is 84.0 Å². The van der Waals surface area contributed by atoms with Gasteiger partial charge in [-0.15, -0.1) is 0 Å². The van der Waals surface area contributed by atoms with Gasteiger partial charge in [-0.1, -0.05) is 12.1 Å². The molecule has 0 unspecified atom stereocenters. The quantitative estimate of drug-likeness (QED) is 0.576. The first kappa shape index (κ1) is 19.5. The smallest absolute Gasteiger partial charge is 0.290 e. The molecular weight excluding hydrogens is 386 g/mol. The van der Waals surface area contributed by atoms with E-state index in [1.807, 2.05) is 10.8 Å². The van der Waals surface area contributed by atoms with E-state index >= 15 is 0 Å². The summed E-state index contributed by atoms with van der Waals surface area (Å²) in [5.74, 6) is -0.898. The van der Waals surface area contributed by atoms with Gasteiger partial charge in [0.15, 0.2) is 11.5 Å². The second-order valence-electron chi connectivity index (χ2n) is 6.90. The van der Waals surface area contributed by atoms with E-state index < -0.39 is 23.5 Å². The summed E-state index contributed by atoms with van der Waals surface area (Å²) in [5.41, 5.74) is 0.716. The highest BCUT2D eigenvalue weighted by Gasteiger charge is 2.44.